The van der Waals surface area contributed by atoms with Crippen LogP contribution in [0, 0.1) is 0 Å². The molecule has 122 valence electrons. The lowest BCUT2D eigenvalue weighted by Gasteiger charge is -2.16. The van der Waals surface area contributed by atoms with Gasteiger partial charge < -0.3 is 15.1 Å². The Kier molecular flexibility index (Phi) is 5.29. The van der Waals surface area contributed by atoms with Crippen LogP contribution in [0.25, 0.3) is 11.5 Å². The average molecular weight is 312 g/mol. The van der Waals surface area contributed by atoms with Crippen LogP contribution in [0.2, 0.25) is 0 Å². The summed E-state index contributed by atoms with van der Waals surface area (Å²) in [6, 6.07) is 10.5. The number of oxazole rings is 1. The monoisotopic (exact) mass is 312 g/mol. The van der Waals surface area contributed by atoms with Gasteiger partial charge in [-0.3, -0.25) is 0 Å². The van der Waals surface area contributed by atoms with Gasteiger partial charge in [0.1, 0.15) is 12.0 Å². The molecule has 5 nitrogen and oxygen atoms in total. The standard InChI is InChI=1S/C18H24N4O/c1-2-19-18(22-15-10-6-7-11-15)20-12-16-13-23-17(21-16)14-8-4-3-5-9-14/h3-5,8-9,13,15H,2,6-7,10-12H2,1H3,(H2,19,20,22). The zero-order chi connectivity index (χ0) is 15.9. The molecule has 0 spiro atoms. The maximum atomic E-state index is 5.56. The molecule has 0 atom stereocenters. The third-order valence-electron chi connectivity index (χ3n) is 4.01. The van der Waals surface area contributed by atoms with Gasteiger partial charge in [-0.2, -0.15) is 0 Å². The Balaban J connectivity index is 1.63. The van der Waals surface area contributed by atoms with E-state index in [1.165, 1.54) is 25.7 Å². The zero-order valence-electron chi connectivity index (χ0n) is 13.6. The highest BCUT2D eigenvalue weighted by atomic mass is 16.3. The van der Waals surface area contributed by atoms with E-state index in [-0.39, 0.29) is 0 Å². The number of hydrogen-bond acceptors (Lipinski definition) is 3. The van der Waals surface area contributed by atoms with Crippen molar-refractivity contribution < 1.29 is 4.42 Å². The van der Waals surface area contributed by atoms with E-state index in [9.17, 15) is 0 Å². The molecular formula is C18H24N4O. The van der Waals surface area contributed by atoms with E-state index in [0.717, 1.165) is 23.8 Å². The highest BCUT2D eigenvalue weighted by Crippen LogP contribution is 2.19. The smallest absolute Gasteiger partial charge is 0.226 e. The topological polar surface area (TPSA) is 62.5 Å². The van der Waals surface area contributed by atoms with Crippen molar-refractivity contribution in [2.45, 2.75) is 45.2 Å². The van der Waals surface area contributed by atoms with Crippen LogP contribution in [-0.2, 0) is 6.54 Å². The van der Waals surface area contributed by atoms with E-state index in [4.69, 9.17) is 4.42 Å². The van der Waals surface area contributed by atoms with Crippen LogP contribution in [0.5, 0.6) is 0 Å². The molecule has 0 aliphatic heterocycles. The Labute approximate surface area is 137 Å². The van der Waals surface area contributed by atoms with Crippen LogP contribution in [0.1, 0.15) is 38.3 Å². The van der Waals surface area contributed by atoms with Gasteiger partial charge in [-0.05, 0) is 31.9 Å². The summed E-state index contributed by atoms with van der Waals surface area (Å²) in [7, 11) is 0. The lowest BCUT2D eigenvalue weighted by molar-refractivity contribution is 0.572. The van der Waals surface area contributed by atoms with Crippen molar-refractivity contribution in [2.24, 2.45) is 4.99 Å². The van der Waals surface area contributed by atoms with Gasteiger partial charge in [-0.25, -0.2) is 9.98 Å². The largest absolute Gasteiger partial charge is 0.444 e. The molecule has 2 aromatic rings. The summed E-state index contributed by atoms with van der Waals surface area (Å²) in [4.78, 5) is 9.14. The summed E-state index contributed by atoms with van der Waals surface area (Å²) in [6.45, 7) is 3.44. The molecule has 1 aliphatic rings. The van der Waals surface area contributed by atoms with Gasteiger partial charge in [0.05, 0.1) is 6.54 Å². The second-order valence-electron chi connectivity index (χ2n) is 5.83. The molecule has 1 heterocycles. The molecule has 0 radical (unpaired) electrons. The second-order valence-corrected chi connectivity index (χ2v) is 5.83. The van der Waals surface area contributed by atoms with Gasteiger partial charge in [-0.1, -0.05) is 31.0 Å². The van der Waals surface area contributed by atoms with Crippen molar-refractivity contribution in [2.75, 3.05) is 6.54 Å². The molecule has 5 heteroatoms. The summed E-state index contributed by atoms with van der Waals surface area (Å²) in [6.07, 6.45) is 6.76. The van der Waals surface area contributed by atoms with Crippen LogP contribution >= 0.6 is 0 Å². The SMILES string of the molecule is CCNC(=NCc1coc(-c2ccccc2)n1)NC1CCCC1. The quantitative estimate of drug-likeness (QED) is 0.656. The first-order chi connectivity index (χ1) is 11.3. The van der Waals surface area contributed by atoms with Crippen LogP contribution in [-0.4, -0.2) is 23.5 Å². The molecule has 23 heavy (non-hydrogen) atoms. The van der Waals surface area contributed by atoms with E-state index in [2.05, 4.69) is 27.5 Å². The molecular weight excluding hydrogens is 288 g/mol. The minimum atomic E-state index is 0.512. The molecule has 0 saturated heterocycles. The predicted molar refractivity (Wildman–Crippen MR) is 92.1 cm³/mol. The average Bonchev–Trinajstić information content (AvgIpc) is 3.25. The molecule has 0 bridgehead atoms. The van der Waals surface area contributed by atoms with E-state index >= 15 is 0 Å². The van der Waals surface area contributed by atoms with Crippen molar-refractivity contribution in [3.05, 3.63) is 42.3 Å². The Hall–Kier alpha value is -2.30. The van der Waals surface area contributed by atoms with E-state index < -0.39 is 0 Å². The molecule has 2 N–H and O–H groups in total. The van der Waals surface area contributed by atoms with Gasteiger partial charge in [0, 0.05) is 18.2 Å². The second kappa shape index (κ2) is 7.81. The Bertz CT molecular complexity index is 629. The number of benzene rings is 1. The number of nitrogens with zero attached hydrogens (tertiary/aromatic N) is 2. The minimum Gasteiger partial charge on any atom is -0.444 e. The van der Waals surface area contributed by atoms with Gasteiger partial charge in [0.25, 0.3) is 0 Å². The molecule has 1 aliphatic carbocycles. The van der Waals surface area contributed by atoms with Crippen molar-refractivity contribution in [3.63, 3.8) is 0 Å². The first-order valence-electron chi connectivity index (χ1n) is 8.40. The minimum absolute atomic E-state index is 0.512. The normalized spacial score (nSPS) is 15.8. The van der Waals surface area contributed by atoms with Gasteiger partial charge in [-0.15, -0.1) is 0 Å². The van der Waals surface area contributed by atoms with E-state index in [1.54, 1.807) is 6.26 Å². The van der Waals surface area contributed by atoms with E-state index in [1.807, 2.05) is 30.3 Å². The number of rotatable bonds is 5. The molecule has 0 unspecified atom stereocenters. The number of aromatic nitrogens is 1. The van der Waals surface area contributed by atoms with E-state index in [0.29, 0.717) is 18.5 Å². The maximum absolute atomic E-state index is 5.56. The molecule has 3 rings (SSSR count). The zero-order valence-corrected chi connectivity index (χ0v) is 13.6. The predicted octanol–water partition coefficient (Wildman–Crippen LogP) is 3.34. The van der Waals surface area contributed by atoms with Crippen LogP contribution in [0.15, 0.2) is 46.0 Å². The fourth-order valence-corrected chi connectivity index (χ4v) is 2.84. The third-order valence-corrected chi connectivity index (χ3v) is 4.01. The Morgan fingerprint density at radius 1 is 1.26 bits per heavy atom. The van der Waals surface area contributed by atoms with Crippen molar-refractivity contribution >= 4 is 5.96 Å². The van der Waals surface area contributed by atoms with Gasteiger partial charge >= 0.3 is 0 Å². The lowest BCUT2D eigenvalue weighted by atomic mass is 10.2. The van der Waals surface area contributed by atoms with Gasteiger partial charge in [0.2, 0.25) is 5.89 Å². The van der Waals surface area contributed by atoms with Crippen molar-refractivity contribution in [1.29, 1.82) is 0 Å². The summed E-state index contributed by atoms with van der Waals surface area (Å²) in [5.74, 6) is 1.51. The lowest BCUT2D eigenvalue weighted by Crippen LogP contribution is -2.42. The Morgan fingerprint density at radius 2 is 2.04 bits per heavy atom. The number of hydrogen-bond donors (Lipinski definition) is 2. The number of aliphatic imine (C=N–C) groups is 1. The summed E-state index contributed by atoms with van der Waals surface area (Å²) in [5.41, 5.74) is 1.83. The maximum Gasteiger partial charge on any atom is 0.226 e. The first kappa shape index (κ1) is 15.6. The molecule has 0 amide bonds. The number of nitrogens with one attached hydrogen (secondary N) is 2. The summed E-state index contributed by atoms with van der Waals surface area (Å²) >= 11 is 0. The summed E-state index contributed by atoms with van der Waals surface area (Å²) in [5, 5.41) is 6.80. The number of guanidine groups is 1. The van der Waals surface area contributed by atoms with Crippen LogP contribution in [0.3, 0.4) is 0 Å². The molecule has 1 fully saturated rings. The van der Waals surface area contributed by atoms with Crippen molar-refractivity contribution in [3.8, 4) is 11.5 Å². The fraction of sp³-hybridized carbons (Fsp3) is 0.444. The summed E-state index contributed by atoms with van der Waals surface area (Å²) < 4.78 is 5.56. The highest BCUT2D eigenvalue weighted by molar-refractivity contribution is 5.80. The van der Waals surface area contributed by atoms with Gasteiger partial charge in [0.15, 0.2) is 5.96 Å². The molecule has 1 aromatic carbocycles. The molecule has 1 saturated carbocycles. The van der Waals surface area contributed by atoms with Crippen molar-refractivity contribution in [1.82, 2.24) is 15.6 Å². The first-order valence-corrected chi connectivity index (χ1v) is 8.40. The van der Waals surface area contributed by atoms with Crippen LogP contribution in [0.4, 0.5) is 0 Å². The highest BCUT2D eigenvalue weighted by Gasteiger charge is 2.16. The van der Waals surface area contributed by atoms with Crippen LogP contribution < -0.4 is 10.6 Å². The fourth-order valence-electron chi connectivity index (χ4n) is 2.84. The molecule has 1 aromatic heterocycles. The third kappa shape index (κ3) is 4.34. The Morgan fingerprint density at radius 3 is 2.78 bits per heavy atom.